The normalized spacial score (nSPS) is 18.6. The highest BCUT2D eigenvalue weighted by molar-refractivity contribution is 6.15. The van der Waals surface area contributed by atoms with E-state index in [2.05, 4.69) is 64.4 Å². The number of benzene rings is 1. The van der Waals surface area contributed by atoms with Crippen molar-refractivity contribution in [2.75, 3.05) is 33.2 Å². The summed E-state index contributed by atoms with van der Waals surface area (Å²) < 4.78 is 0. The van der Waals surface area contributed by atoms with Crippen molar-refractivity contribution in [3.05, 3.63) is 59.1 Å². The van der Waals surface area contributed by atoms with Crippen LogP contribution in [0, 0.1) is 12.3 Å². The van der Waals surface area contributed by atoms with E-state index in [0.29, 0.717) is 5.41 Å². The molecule has 0 atom stereocenters. The third-order valence-electron chi connectivity index (χ3n) is 5.89. The first-order chi connectivity index (χ1) is 15.0. The highest BCUT2D eigenvalue weighted by atomic mass is 15.3. The fraction of sp³-hybridized carbons (Fsp3) is 0.423. The number of nitrogens with one attached hydrogen (secondary N) is 1. The minimum Gasteiger partial charge on any atom is -0.369 e. The van der Waals surface area contributed by atoms with Crippen LogP contribution in [-0.2, 0) is 0 Å². The van der Waals surface area contributed by atoms with E-state index in [1.807, 2.05) is 39.3 Å². The van der Waals surface area contributed by atoms with Crippen molar-refractivity contribution in [3.8, 4) is 0 Å². The Morgan fingerprint density at radius 2 is 1.87 bits per heavy atom. The average Bonchev–Trinajstić information content (AvgIpc) is 2.72. The second-order valence-electron chi connectivity index (χ2n) is 8.15. The molecular formula is C26H35N5. The number of aromatic nitrogens is 1. The zero-order chi connectivity index (χ0) is 22.4. The lowest BCUT2D eigenvalue weighted by atomic mass is 9.74. The maximum atomic E-state index is 4.84. The SMILES string of the molecule is CC.C\C=C(/C=N\C(C)=C(\C=NC)c1cc(C)nc2ccccc12)N1CC2(CNC2)C1. The van der Waals surface area contributed by atoms with E-state index in [9.17, 15) is 0 Å². The van der Waals surface area contributed by atoms with Gasteiger partial charge in [0.1, 0.15) is 0 Å². The molecule has 5 nitrogen and oxygen atoms in total. The number of rotatable bonds is 5. The number of pyridine rings is 1. The highest BCUT2D eigenvalue weighted by Gasteiger charge is 2.47. The van der Waals surface area contributed by atoms with Gasteiger partial charge in [0.15, 0.2) is 0 Å². The lowest BCUT2D eigenvalue weighted by Crippen LogP contribution is -2.70. The number of fused-ring (bicyclic) bond motifs is 1. The maximum Gasteiger partial charge on any atom is 0.0711 e. The molecule has 2 aliphatic rings. The minimum atomic E-state index is 0.500. The summed E-state index contributed by atoms with van der Waals surface area (Å²) in [7, 11) is 1.80. The number of aryl methyl sites for hydroxylation is 1. The first kappa shape index (κ1) is 22.9. The second-order valence-corrected chi connectivity index (χ2v) is 8.15. The summed E-state index contributed by atoms with van der Waals surface area (Å²) >= 11 is 0. The molecule has 0 bridgehead atoms. The van der Waals surface area contributed by atoms with Gasteiger partial charge in [0.2, 0.25) is 0 Å². The zero-order valence-electron chi connectivity index (χ0n) is 19.7. The van der Waals surface area contributed by atoms with Crippen molar-refractivity contribution in [1.29, 1.82) is 0 Å². The van der Waals surface area contributed by atoms with Crippen molar-refractivity contribution in [1.82, 2.24) is 15.2 Å². The minimum absolute atomic E-state index is 0.500. The molecule has 4 rings (SSSR count). The fourth-order valence-electron chi connectivity index (χ4n) is 4.24. The van der Waals surface area contributed by atoms with E-state index in [-0.39, 0.29) is 0 Å². The van der Waals surface area contributed by atoms with Crippen molar-refractivity contribution in [3.63, 3.8) is 0 Å². The van der Waals surface area contributed by atoms with Crippen molar-refractivity contribution >= 4 is 28.9 Å². The van der Waals surface area contributed by atoms with Crippen LogP contribution in [0.5, 0.6) is 0 Å². The lowest BCUT2D eigenvalue weighted by molar-refractivity contribution is -0.0119. The summed E-state index contributed by atoms with van der Waals surface area (Å²) in [4.78, 5) is 16.2. The van der Waals surface area contributed by atoms with Gasteiger partial charge < -0.3 is 10.2 Å². The van der Waals surface area contributed by atoms with Crippen molar-refractivity contribution in [2.24, 2.45) is 15.4 Å². The van der Waals surface area contributed by atoms with Crippen LogP contribution in [-0.4, -0.2) is 55.5 Å². The van der Waals surface area contributed by atoms with E-state index in [0.717, 1.165) is 59.6 Å². The number of aliphatic imine (C=N–C) groups is 2. The summed E-state index contributed by atoms with van der Waals surface area (Å²) in [5, 5.41) is 4.51. The second kappa shape index (κ2) is 10.0. The highest BCUT2D eigenvalue weighted by Crippen LogP contribution is 2.36. The number of likely N-dealkylation sites (tertiary alicyclic amines) is 1. The molecule has 2 aromatic rings. The summed E-state index contributed by atoms with van der Waals surface area (Å²) in [6.07, 6.45) is 6.05. The molecule has 0 radical (unpaired) electrons. The fourth-order valence-corrected chi connectivity index (χ4v) is 4.24. The topological polar surface area (TPSA) is 52.9 Å². The van der Waals surface area contributed by atoms with Gasteiger partial charge in [0.25, 0.3) is 0 Å². The van der Waals surface area contributed by atoms with E-state index in [4.69, 9.17) is 4.99 Å². The molecule has 0 amide bonds. The van der Waals surface area contributed by atoms with E-state index < -0.39 is 0 Å². The first-order valence-corrected chi connectivity index (χ1v) is 11.2. The predicted molar refractivity (Wildman–Crippen MR) is 134 cm³/mol. The van der Waals surface area contributed by atoms with Gasteiger partial charge in [-0.05, 0) is 38.5 Å². The molecule has 1 N–H and O–H groups in total. The van der Waals surface area contributed by atoms with Gasteiger partial charge in [-0.25, -0.2) is 0 Å². The standard InChI is InChI=1S/C24H29N5.C2H6/c1-5-19(29-15-24(16-29)13-26-14-24)11-27-18(3)22(12-25-4)21-10-17(2)28-23-9-7-6-8-20(21)23;1-2/h5-12,26H,13-16H2,1-4H3;1-2H3/b19-5+,22-18-,25-12?,27-11-;. The van der Waals surface area contributed by atoms with Gasteiger partial charge in [0, 0.05) is 67.2 Å². The third-order valence-corrected chi connectivity index (χ3v) is 5.89. The van der Waals surface area contributed by atoms with Crippen LogP contribution in [0.4, 0.5) is 0 Å². The molecule has 0 unspecified atom stereocenters. The molecule has 5 heteroatoms. The summed E-state index contributed by atoms with van der Waals surface area (Å²) in [6, 6.07) is 10.4. The molecule has 2 fully saturated rings. The van der Waals surface area contributed by atoms with E-state index in [1.165, 1.54) is 5.70 Å². The Kier molecular flexibility index (Phi) is 7.39. The van der Waals surface area contributed by atoms with E-state index >= 15 is 0 Å². The van der Waals surface area contributed by atoms with Crippen LogP contribution < -0.4 is 5.32 Å². The number of allylic oxidation sites excluding steroid dienone is 4. The Hall–Kier alpha value is -2.79. The molecule has 1 spiro atoms. The molecule has 1 aromatic heterocycles. The van der Waals surface area contributed by atoms with Crippen LogP contribution in [0.15, 0.2) is 57.8 Å². The molecule has 31 heavy (non-hydrogen) atoms. The van der Waals surface area contributed by atoms with Crippen LogP contribution in [0.2, 0.25) is 0 Å². The predicted octanol–water partition coefficient (Wildman–Crippen LogP) is 4.88. The van der Waals surface area contributed by atoms with Crippen LogP contribution in [0.3, 0.4) is 0 Å². The number of para-hydroxylation sites is 1. The summed E-state index contributed by atoms with van der Waals surface area (Å²) in [5.74, 6) is 0. The lowest BCUT2D eigenvalue weighted by Gasteiger charge is -2.57. The van der Waals surface area contributed by atoms with Crippen LogP contribution >= 0.6 is 0 Å². The Labute approximate surface area is 186 Å². The molecule has 164 valence electrons. The van der Waals surface area contributed by atoms with Crippen LogP contribution in [0.1, 0.15) is 39.0 Å². The third kappa shape index (κ3) is 4.77. The molecule has 2 saturated heterocycles. The molecule has 0 aliphatic carbocycles. The number of hydrogen-bond acceptors (Lipinski definition) is 5. The summed E-state index contributed by atoms with van der Waals surface area (Å²) in [6.45, 7) is 14.7. The monoisotopic (exact) mass is 417 g/mol. The average molecular weight is 418 g/mol. The van der Waals surface area contributed by atoms with Crippen molar-refractivity contribution in [2.45, 2.75) is 34.6 Å². The largest absolute Gasteiger partial charge is 0.369 e. The first-order valence-electron chi connectivity index (χ1n) is 11.2. The molecule has 0 saturated carbocycles. The smallest absolute Gasteiger partial charge is 0.0711 e. The van der Waals surface area contributed by atoms with Crippen LogP contribution in [0.25, 0.3) is 16.5 Å². The Balaban J connectivity index is 0.00000132. The Morgan fingerprint density at radius 1 is 1.16 bits per heavy atom. The van der Waals surface area contributed by atoms with Gasteiger partial charge in [-0.3, -0.25) is 15.0 Å². The molecular weight excluding hydrogens is 382 g/mol. The molecule has 1 aromatic carbocycles. The molecule has 3 heterocycles. The quantitative estimate of drug-likeness (QED) is 0.706. The van der Waals surface area contributed by atoms with Crippen molar-refractivity contribution < 1.29 is 0 Å². The number of nitrogens with zero attached hydrogens (tertiary/aromatic N) is 4. The Bertz CT molecular complexity index is 1030. The van der Waals surface area contributed by atoms with E-state index in [1.54, 1.807) is 7.05 Å². The zero-order valence-corrected chi connectivity index (χ0v) is 19.7. The number of hydrogen-bond donors (Lipinski definition) is 1. The Morgan fingerprint density at radius 3 is 2.48 bits per heavy atom. The van der Waals surface area contributed by atoms with Gasteiger partial charge in [-0.15, -0.1) is 0 Å². The van der Waals surface area contributed by atoms with Gasteiger partial charge in [-0.1, -0.05) is 38.1 Å². The van der Waals surface area contributed by atoms with Gasteiger partial charge >= 0.3 is 0 Å². The van der Waals surface area contributed by atoms with Gasteiger partial charge in [0.05, 0.1) is 17.4 Å². The van der Waals surface area contributed by atoms with Gasteiger partial charge in [-0.2, -0.15) is 0 Å². The molecule has 2 aliphatic heterocycles. The summed E-state index contributed by atoms with van der Waals surface area (Å²) in [5.41, 5.74) is 6.78. The maximum absolute atomic E-state index is 4.84.